The number of hydrogen-bond donors (Lipinski definition) is 1. The molecular formula is C13H22FN3S. The minimum Gasteiger partial charge on any atom is -0.359 e. The highest BCUT2D eigenvalue weighted by Gasteiger charge is 2.10. The van der Waals surface area contributed by atoms with Gasteiger partial charge in [0.25, 0.3) is 0 Å². The summed E-state index contributed by atoms with van der Waals surface area (Å²) in [7, 11) is 2.00. The molecule has 102 valence electrons. The normalized spacial score (nSPS) is 11.0. The van der Waals surface area contributed by atoms with E-state index in [1.54, 1.807) is 17.8 Å². The molecule has 18 heavy (non-hydrogen) atoms. The fourth-order valence-corrected chi connectivity index (χ4v) is 2.05. The maximum absolute atomic E-state index is 13.3. The second kappa shape index (κ2) is 7.59. The summed E-state index contributed by atoms with van der Waals surface area (Å²) in [6.07, 6.45) is 3.36. The number of halogens is 1. The molecule has 0 spiro atoms. The number of aromatic nitrogens is 1. The molecule has 1 aromatic rings. The first-order valence-corrected chi connectivity index (χ1v) is 7.52. The number of thioether (sulfide) groups is 1. The largest absolute Gasteiger partial charge is 0.359 e. The molecule has 0 fully saturated rings. The van der Waals surface area contributed by atoms with Crippen LogP contribution in [0.2, 0.25) is 0 Å². The van der Waals surface area contributed by atoms with Crippen LogP contribution in [0.5, 0.6) is 0 Å². The predicted octanol–water partition coefficient (Wildman–Crippen LogP) is 2.52. The van der Waals surface area contributed by atoms with Crippen LogP contribution in [0.15, 0.2) is 12.3 Å². The van der Waals surface area contributed by atoms with Crippen LogP contribution < -0.4 is 10.2 Å². The van der Waals surface area contributed by atoms with Gasteiger partial charge in [-0.15, -0.1) is 0 Å². The summed E-state index contributed by atoms with van der Waals surface area (Å²) in [5.41, 5.74) is 0.910. The third kappa shape index (κ3) is 4.82. The molecule has 5 heteroatoms. The zero-order valence-corrected chi connectivity index (χ0v) is 12.4. The SMILES string of the molecule is CSCCN(C)c1ncc(F)cc1CNC(C)C. The van der Waals surface area contributed by atoms with Gasteiger partial charge in [-0.2, -0.15) is 11.8 Å². The minimum absolute atomic E-state index is 0.280. The first-order chi connectivity index (χ1) is 8.54. The van der Waals surface area contributed by atoms with Gasteiger partial charge in [0.05, 0.1) is 6.20 Å². The summed E-state index contributed by atoms with van der Waals surface area (Å²) in [6.45, 7) is 5.70. The van der Waals surface area contributed by atoms with Gasteiger partial charge in [-0.3, -0.25) is 0 Å². The highest BCUT2D eigenvalue weighted by molar-refractivity contribution is 7.98. The van der Waals surface area contributed by atoms with E-state index in [1.807, 2.05) is 7.05 Å². The van der Waals surface area contributed by atoms with E-state index < -0.39 is 0 Å². The van der Waals surface area contributed by atoms with Crippen molar-refractivity contribution in [3.8, 4) is 0 Å². The summed E-state index contributed by atoms with van der Waals surface area (Å²) in [5.74, 6) is 1.61. The molecular weight excluding hydrogens is 249 g/mol. The highest BCUT2D eigenvalue weighted by Crippen LogP contribution is 2.17. The van der Waals surface area contributed by atoms with Crippen molar-refractivity contribution in [2.75, 3.05) is 30.5 Å². The van der Waals surface area contributed by atoms with E-state index >= 15 is 0 Å². The van der Waals surface area contributed by atoms with Crippen LogP contribution in [0.1, 0.15) is 19.4 Å². The molecule has 3 nitrogen and oxygen atoms in total. The highest BCUT2D eigenvalue weighted by atomic mass is 32.2. The lowest BCUT2D eigenvalue weighted by atomic mass is 10.2. The Balaban J connectivity index is 2.81. The van der Waals surface area contributed by atoms with Crippen LogP contribution in [-0.4, -0.2) is 36.6 Å². The minimum atomic E-state index is -0.280. The van der Waals surface area contributed by atoms with E-state index in [0.29, 0.717) is 12.6 Å². The van der Waals surface area contributed by atoms with Crippen molar-refractivity contribution in [2.45, 2.75) is 26.4 Å². The van der Waals surface area contributed by atoms with E-state index in [2.05, 4.69) is 35.3 Å². The van der Waals surface area contributed by atoms with Gasteiger partial charge >= 0.3 is 0 Å². The van der Waals surface area contributed by atoms with E-state index in [0.717, 1.165) is 23.7 Å². The molecule has 0 atom stereocenters. The molecule has 0 aliphatic carbocycles. The van der Waals surface area contributed by atoms with Gasteiger partial charge in [0.1, 0.15) is 11.6 Å². The number of pyridine rings is 1. The fraction of sp³-hybridized carbons (Fsp3) is 0.615. The van der Waals surface area contributed by atoms with Gasteiger partial charge in [-0.25, -0.2) is 9.37 Å². The molecule has 0 radical (unpaired) electrons. The molecule has 0 saturated carbocycles. The van der Waals surface area contributed by atoms with Crippen LogP contribution in [0.4, 0.5) is 10.2 Å². The van der Waals surface area contributed by atoms with Gasteiger partial charge in [0, 0.05) is 37.5 Å². The molecule has 0 bridgehead atoms. The van der Waals surface area contributed by atoms with Gasteiger partial charge < -0.3 is 10.2 Å². The number of nitrogens with zero attached hydrogens (tertiary/aromatic N) is 2. The molecule has 1 rings (SSSR count). The standard InChI is InChI=1S/C13H22FN3S/c1-10(2)15-8-11-7-12(14)9-16-13(11)17(3)5-6-18-4/h7,9-10,15H,5-6,8H2,1-4H3. The van der Waals surface area contributed by atoms with Crippen molar-refractivity contribution < 1.29 is 4.39 Å². The topological polar surface area (TPSA) is 28.2 Å². The van der Waals surface area contributed by atoms with Crippen molar-refractivity contribution >= 4 is 17.6 Å². The van der Waals surface area contributed by atoms with E-state index in [-0.39, 0.29) is 5.82 Å². The summed E-state index contributed by atoms with van der Waals surface area (Å²) in [5, 5.41) is 3.30. The Bertz CT molecular complexity index is 371. The number of hydrogen-bond acceptors (Lipinski definition) is 4. The lowest BCUT2D eigenvalue weighted by Gasteiger charge is -2.21. The van der Waals surface area contributed by atoms with Crippen molar-refractivity contribution in [3.63, 3.8) is 0 Å². The molecule has 0 aromatic carbocycles. The maximum Gasteiger partial charge on any atom is 0.141 e. The Morgan fingerprint density at radius 3 is 2.83 bits per heavy atom. The average molecular weight is 271 g/mol. The Hall–Kier alpha value is -0.810. The van der Waals surface area contributed by atoms with E-state index in [4.69, 9.17) is 0 Å². The average Bonchev–Trinajstić information content (AvgIpc) is 2.33. The third-order valence-electron chi connectivity index (χ3n) is 2.60. The molecule has 1 N–H and O–H groups in total. The Labute approximate surface area is 113 Å². The zero-order chi connectivity index (χ0) is 13.5. The van der Waals surface area contributed by atoms with Crippen molar-refractivity contribution in [1.29, 1.82) is 0 Å². The molecule has 0 unspecified atom stereocenters. The summed E-state index contributed by atoms with van der Waals surface area (Å²) in [4.78, 5) is 6.29. The number of nitrogens with one attached hydrogen (secondary N) is 1. The molecule has 0 aliphatic rings. The second-order valence-electron chi connectivity index (χ2n) is 4.59. The summed E-state index contributed by atoms with van der Waals surface area (Å²) >= 11 is 1.79. The summed E-state index contributed by atoms with van der Waals surface area (Å²) in [6, 6.07) is 1.94. The molecule has 0 aliphatic heterocycles. The van der Waals surface area contributed by atoms with Crippen LogP contribution in [0.3, 0.4) is 0 Å². The Morgan fingerprint density at radius 1 is 1.50 bits per heavy atom. The molecule has 1 heterocycles. The lowest BCUT2D eigenvalue weighted by molar-refractivity contribution is 0.577. The summed E-state index contributed by atoms with van der Waals surface area (Å²) < 4.78 is 13.3. The second-order valence-corrected chi connectivity index (χ2v) is 5.57. The molecule has 0 amide bonds. The van der Waals surface area contributed by atoms with Crippen molar-refractivity contribution in [1.82, 2.24) is 10.3 Å². The van der Waals surface area contributed by atoms with E-state index in [9.17, 15) is 4.39 Å². The van der Waals surface area contributed by atoms with Crippen LogP contribution in [0.25, 0.3) is 0 Å². The van der Waals surface area contributed by atoms with Gasteiger partial charge in [-0.05, 0) is 12.3 Å². The van der Waals surface area contributed by atoms with Crippen molar-refractivity contribution in [3.05, 3.63) is 23.6 Å². The van der Waals surface area contributed by atoms with Crippen LogP contribution >= 0.6 is 11.8 Å². The monoisotopic (exact) mass is 271 g/mol. The first kappa shape index (κ1) is 15.2. The smallest absolute Gasteiger partial charge is 0.141 e. The Kier molecular flexibility index (Phi) is 6.43. The molecule has 1 aromatic heterocycles. The third-order valence-corrected chi connectivity index (χ3v) is 3.19. The van der Waals surface area contributed by atoms with Gasteiger partial charge in [-0.1, -0.05) is 13.8 Å². The quantitative estimate of drug-likeness (QED) is 0.825. The van der Waals surface area contributed by atoms with Gasteiger partial charge in [0.2, 0.25) is 0 Å². The lowest BCUT2D eigenvalue weighted by Crippen LogP contribution is -2.27. The maximum atomic E-state index is 13.3. The molecule has 0 saturated heterocycles. The van der Waals surface area contributed by atoms with Crippen molar-refractivity contribution in [2.24, 2.45) is 0 Å². The predicted molar refractivity (Wildman–Crippen MR) is 77.8 cm³/mol. The zero-order valence-electron chi connectivity index (χ0n) is 11.5. The van der Waals surface area contributed by atoms with Crippen LogP contribution in [0, 0.1) is 5.82 Å². The van der Waals surface area contributed by atoms with Gasteiger partial charge in [0.15, 0.2) is 0 Å². The number of anilines is 1. The van der Waals surface area contributed by atoms with E-state index in [1.165, 1.54) is 6.20 Å². The Morgan fingerprint density at radius 2 is 2.22 bits per heavy atom. The number of rotatable bonds is 7. The first-order valence-electron chi connectivity index (χ1n) is 6.12. The van der Waals surface area contributed by atoms with Crippen LogP contribution in [-0.2, 0) is 6.54 Å². The fourth-order valence-electron chi connectivity index (χ4n) is 1.60.